The van der Waals surface area contributed by atoms with Crippen LogP contribution >= 0.6 is 11.6 Å². The Balaban J connectivity index is 2.28. The van der Waals surface area contributed by atoms with E-state index in [1.54, 1.807) is 6.07 Å². The number of halogens is 1. The third-order valence-electron chi connectivity index (χ3n) is 3.03. The molecule has 1 amide bonds. The lowest BCUT2D eigenvalue weighted by Crippen LogP contribution is -2.44. The van der Waals surface area contributed by atoms with Crippen molar-refractivity contribution in [2.24, 2.45) is 0 Å². The number of anilines is 1. The van der Waals surface area contributed by atoms with Crippen molar-refractivity contribution < 1.29 is 4.79 Å². The van der Waals surface area contributed by atoms with E-state index in [9.17, 15) is 4.79 Å². The minimum Gasteiger partial charge on any atom is -0.370 e. The molecule has 0 spiro atoms. The molecule has 0 aliphatic rings. The number of amides is 1. The summed E-state index contributed by atoms with van der Waals surface area (Å²) in [4.78, 5) is 12.6. The summed E-state index contributed by atoms with van der Waals surface area (Å²) in [5.41, 5.74) is 1.43. The Morgan fingerprint density at radius 1 is 1.05 bits per heavy atom. The van der Waals surface area contributed by atoms with Crippen molar-refractivity contribution in [3.05, 3.63) is 65.2 Å². The molecule has 0 aliphatic carbocycles. The van der Waals surface area contributed by atoms with Crippen LogP contribution in [0, 0.1) is 0 Å². The zero-order valence-corrected chi connectivity index (χ0v) is 13.8. The van der Waals surface area contributed by atoms with Crippen molar-refractivity contribution in [3.8, 4) is 0 Å². The summed E-state index contributed by atoms with van der Waals surface area (Å²) in [6, 6.07) is 16.5. The third-order valence-corrected chi connectivity index (χ3v) is 3.26. The monoisotopic (exact) mass is 316 g/mol. The van der Waals surface area contributed by atoms with Gasteiger partial charge in [-0.1, -0.05) is 48.0 Å². The number of benzene rings is 2. The summed E-state index contributed by atoms with van der Waals surface area (Å²) in [6.45, 7) is 5.89. The van der Waals surface area contributed by atoms with Crippen molar-refractivity contribution in [3.63, 3.8) is 0 Å². The number of hydrogen-bond acceptors (Lipinski definition) is 2. The summed E-state index contributed by atoms with van der Waals surface area (Å²) in [5.74, 6) is -0.0707. The number of rotatable bonds is 4. The number of hydrogen-bond donors (Lipinski definition) is 2. The maximum Gasteiger partial charge on any atom is 0.247 e. The molecular weight excluding hydrogens is 296 g/mol. The number of carbonyl (C=O) groups is 1. The average molecular weight is 317 g/mol. The molecule has 0 saturated carbocycles. The van der Waals surface area contributed by atoms with E-state index < -0.39 is 6.04 Å². The molecule has 0 aliphatic heterocycles. The fourth-order valence-corrected chi connectivity index (χ4v) is 2.32. The predicted octanol–water partition coefficient (Wildman–Crippen LogP) is 4.41. The van der Waals surface area contributed by atoms with Crippen molar-refractivity contribution >= 4 is 23.2 Å². The van der Waals surface area contributed by atoms with Crippen LogP contribution in [0.25, 0.3) is 0 Å². The Morgan fingerprint density at radius 2 is 1.73 bits per heavy atom. The van der Waals surface area contributed by atoms with Gasteiger partial charge in [-0.25, -0.2) is 0 Å². The highest BCUT2D eigenvalue weighted by molar-refractivity contribution is 6.30. The van der Waals surface area contributed by atoms with E-state index in [0.717, 1.165) is 11.3 Å². The van der Waals surface area contributed by atoms with Crippen LogP contribution in [0.2, 0.25) is 5.02 Å². The second kappa shape index (κ2) is 6.84. The SMILES string of the molecule is CC(C)(C)NC(=O)C(Nc1cccc(Cl)c1)c1ccccc1. The third kappa shape index (κ3) is 4.78. The van der Waals surface area contributed by atoms with Crippen molar-refractivity contribution in [1.29, 1.82) is 0 Å². The van der Waals surface area contributed by atoms with Gasteiger partial charge < -0.3 is 10.6 Å². The highest BCUT2D eigenvalue weighted by Crippen LogP contribution is 2.23. The summed E-state index contributed by atoms with van der Waals surface area (Å²) in [5, 5.41) is 6.91. The molecule has 1 unspecified atom stereocenters. The van der Waals surface area contributed by atoms with Gasteiger partial charge in [0, 0.05) is 16.2 Å². The van der Waals surface area contributed by atoms with E-state index in [1.165, 1.54) is 0 Å². The molecule has 2 aromatic carbocycles. The Labute approximate surface area is 136 Å². The van der Waals surface area contributed by atoms with E-state index in [1.807, 2.05) is 69.3 Å². The van der Waals surface area contributed by atoms with Crippen LogP contribution in [0.4, 0.5) is 5.69 Å². The maximum atomic E-state index is 12.6. The number of carbonyl (C=O) groups excluding carboxylic acids is 1. The summed E-state index contributed by atoms with van der Waals surface area (Å²) >= 11 is 6.02. The Hall–Kier alpha value is -2.00. The van der Waals surface area contributed by atoms with Crippen molar-refractivity contribution in [2.75, 3.05) is 5.32 Å². The normalized spacial score (nSPS) is 12.5. The second-order valence-corrected chi connectivity index (χ2v) is 6.67. The molecule has 3 nitrogen and oxygen atoms in total. The molecule has 0 bridgehead atoms. The first-order chi connectivity index (χ1) is 10.3. The first-order valence-corrected chi connectivity index (χ1v) is 7.62. The Bertz CT molecular complexity index is 635. The van der Waals surface area contributed by atoms with Crippen molar-refractivity contribution in [2.45, 2.75) is 32.4 Å². The molecular formula is C18H21ClN2O. The molecule has 2 N–H and O–H groups in total. The van der Waals surface area contributed by atoms with E-state index in [0.29, 0.717) is 5.02 Å². The van der Waals surface area contributed by atoms with Crippen LogP contribution in [0.5, 0.6) is 0 Å². The van der Waals surface area contributed by atoms with Crippen LogP contribution < -0.4 is 10.6 Å². The van der Waals surface area contributed by atoms with Gasteiger partial charge in [0.25, 0.3) is 0 Å². The van der Waals surface area contributed by atoms with E-state index in [4.69, 9.17) is 11.6 Å². The van der Waals surface area contributed by atoms with Gasteiger partial charge in [0.05, 0.1) is 0 Å². The largest absolute Gasteiger partial charge is 0.370 e. The van der Waals surface area contributed by atoms with Gasteiger partial charge in [0.1, 0.15) is 6.04 Å². The molecule has 0 radical (unpaired) electrons. The zero-order valence-electron chi connectivity index (χ0n) is 13.1. The quantitative estimate of drug-likeness (QED) is 0.877. The predicted molar refractivity (Wildman–Crippen MR) is 92.2 cm³/mol. The fourth-order valence-electron chi connectivity index (χ4n) is 2.13. The lowest BCUT2D eigenvalue weighted by molar-refractivity contribution is -0.123. The van der Waals surface area contributed by atoms with Gasteiger partial charge >= 0.3 is 0 Å². The molecule has 22 heavy (non-hydrogen) atoms. The first kappa shape index (κ1) is 16.4. The summed E-state index contributed by atoms with van der Waals surface area (Å²) in [7, 11) is 0. The van der Waals surface area contributed by atoms with Gasteiger partial charge in [-0.15, -0.1) is 0 Å². The summed E-state index contributed by atoms with van der Waals surface area (Å²) in [6.07, 6.45) is 0. The lowest BCUT2D eigenvalue weighted by Gasteiger charge is -2.26. The van der Waals surface area contributed by atoms with E-state index >= 15 is 0 Å². The van der Waals surface area contributed by atoms with Crippen molar-refractivity contribution in [1.82, 2.24) is 5.32 Å². The minimum absolute atomic E-state index is 0.0707. The lowest BCUT2D eigenvalue weighted by atomic mass is 10.0. The molecule has 2 aromatic rings. The average Bonchev–Trinajstić information content (AvgIpc) is 2.44. The zero-order chi connectivity index (χ0) is 16.2. The highest BCUT2D eigenvalue weighted by Gasteiger charge is 2.24. The smallest absolute Gasteiger partial charge is 0.247 e. The van der Waals surface area contributed by atoms with Crippen LogP contribution in [-0.2, 0) is 4.79 Å². The van der Waals surface area contributed by atoms with Crippen LogP contribution in [-0.4, -0.2) is 11.4 Å². The molecule has 1 atom stereocenters. The fraction of sp³-hybridized carbons (Fsp3) is 0.278. The van der Waals surface area contributed by atoms with Crippen LogP contribution in [0.1, 0.15) is 32.4 Å². The van der Waals surface area contributed by atoms with Gasteiger partial charge in [-0.2, -0.15) is 0 Å². The molecule has 0 aromatic heterocycles. The van der Waals surface area contributed by atoms with Crippen LogP contribution in [0.15, 0.2) is 54.6 Å². The second-order valence-electron chi connectivity index (χ2n) is 6.24. The Kier molecular flexibility index (Phi) is 5.09. The van der Waals surface area contributed by atoms with Crippen LogP contribution in [0.3, 0.4) is 0 Å². The molecule has 0 saturated heterocycles. The minimum atomic E-state index is -0.473. The molecule has 0 heterocycles. The molecule has 2 rings (SSSR count). The summed E-state index contributed by atoms with van der Waals surface area (Å²) < 4.78 is 0. The topological polar surface area (TPSA) is 41.1 Å². The van der Waals surface area contributed by atoms with E-state index in [-0.39, 0.29) is 11.4 Å². The molecule has 0 fully saturated rings. The Morgan fingerprint density at radius 3 is 2.32 bits per heavy atom. The number of nitrogens with one attached hydrogen (secondary N) is 2. The first-order valence-electron chi connectivity index (χ1n) is 7.24. The van der Waals surface area contributed by atoms with E-state index in [2.05, 4.69) is 10.6 Å². The maximum absolute atomic E-state index is 12.6. The molecule has 4 heteroatoms. The highest BCUT2D eigenvalue weighted by atomic mass is 35.5. The molecule has 116 valence electrons. The standard InChI is InChI=1S/C18H21ClN2O/c1-18(2,3)21-17(22)16(13-8-5-4-6-9-13)20-15-11-7-10-14(19)12-15/h4-12,16,20H,1-3H3,(H,21,22). The van der Waals surface area contributed by atoms with Gasteiger partial charge in [-0.05, 0) is 44.5 Å². The van der Waals surface area contributed by atoms with Gasteiger partial charge in [-0.3, -0.25) is 4.79 Å². The van der Waals surface area contributed by atoms with Gasteiger partial charge in [0.15, 0.2) is 0 Å². The van der Waals surface area contributed by atoms with Gasteiger partial charge in [0.2, 0.25) is 5.91 Å².